The maximum atomic E-state index is 13.3. The molecule has 5 rings (SSSR count). The Morgan fingerprint density at radius 2 is 2.03 bits per heavy atom. The Morgan fingerprint density at radius 3 is 2.76 bits per heavy atom. The van der Waals surface area contributed by atoms with Crippen LogP contribution in [-0.2, 0) is 5.60 Å². The molecule has 0 saturated carbocycles. The highest BCUT2D eigenvalue weighted by atomic mass is 19.1. The minimum absolute atomic E-state index is 0.0733. The molecule has 34 heavy (non-hydrogen) atoms. The summed E-state index contributed by atoms with van der Waals surface area (Å²) >= 11 is 0. The number of pyridine rings is 2. The van der Waals surface area contributed by atoms with Crippen molar-refractivity contribution in [1.29, 1.82) is 0 Å². The molecular formula is C24H28FN7O2. The maximum Gasteiger partial charge on any atom is 0.146 e. The van der Waals surface area contributed by atoms with Crippen molar-refractivity contribution in [3.8, 4) is 17.0 Å². The Kier molecular flexibility index (Phi) is 5.78. The third-order valence-electron chi connectivity index (χ3n) is 6.40. The van der Waals surface area contributed by atoms with E-state index in [0.29, 0.717) is 17.5 Å². The van der Waals surface area contributed by atoms with Crippen LogP contribution in [0.1, 0.15) is 42.8 Å². The largest absolute Gasteiger partial charge is 0.488 e. The molecule has 10 heteroatoms. The lowest BCUT2D eigenvalue weighted by molar-refractivity contribution is 0.00419. The van der Waals surface area contributed by atoms with E-state index in [1.807, 2.05) is 30.8 Å². The Hall–Kier alpha value is -3.37. The van der Waals surface area contributed by atoms with Gasteiger partial charge in [0, 0.05) is 11.8 Å². The summed E-state index contributed by atoms with van der Waals surface area (Å²) in [5, 5.41) is 27.7. The van der Waals surface area contributed by atoms with Crippen molar-refractivity contribution in [3.05, 3.63) is 59.6 Å². The van der Waals surface area contributed by atoms with Crippen molar-refractivity contribution in [2.45, 2.75) is 45.3 Å². The van der Waals surface area contributed by atoms with Gasteiger partial charge in [-0.2, -0.15) is 5.10 Å². The molecule has 4 aromatic rings. The van der Waals surface area contributed by atoms with Crippen molar-refractivity contribution in [3.63, 3.8) is 0 Å². The van der Waals surface area contributed by atoms with E-state index in [-0.39, 0.29) is 6.61 Å². The zero-order valence-electron chi connectivity index (χ0n) is 19.5. The summed E-state index contributed by atoms with van der Waals surface area (Å²) in [5.41, 5.74) is 3.23. The number of hydrogen-bond acceptors (Lipinski definition) is 7. The second-order valence-corrected chi connectivity index (χ2v) is 9.09. The fourth-order valence-electron chi connectivity index (χ4n) is 4.46. The minimum Gasteiger partial charge on any atom is -0.488 e. The molecule has 1 saturated heterocycles. The molecule has 5 heterocycles. The van der Waals surface area contributed by atoms with E-state index in [1.54, 1.807) is 17.6 Å². The lowest BCUT2D eigenvalue weighted by atomic mass is 10.0. The van der Waals surface area contributed by atoms with E-state index in [0.717, 1.165) is 60.2 Å². The molecule has 0 amide bonds. The third kappa shape index (κ3) is 4.14. The van der Waals surface area contributed by atoms with Gasteiger partial charge >= 0.3 is 0 Å². The average Bonchev–Trinajstić information content (AvgIpc) is 3.41. The summed E-state index contributed by atoms with van der Waals surface area (Å²) in [4.78, 5) is 4.01. The Balaban J connectivity index is 1.48. The summed E-state index contributed by atoms with van der Waals surface area (Å²) < 4.78 is 23.2. The molecule has 9 nitrogen and oxygen atoms in total. The number of aryl methyl sites for hydroxylation is 1. The first-order chi connectivity index (χ1) is 16.3. The first-order valence-electron chi connectivity index (χ1n) is 11.4. The molecule has 0 aromatic carbocycles. The monoisotopic (exact) mass is 465 g/mol. The van der Waals surface area contributed by atoms with Crippen LogP contribution in [-0.4, -0.2) is 54.4 Å². The predicted molar refractivity (Wildman–Crippen MR) is 124 cm³/mol. The SMILES string of the molecule is Cc1cnn2cc(-c3nnn(C4CCNCC4)c3C)cc(OCC(C)(O)c3ccc(F)cn3)c12. The predicted octanol–water partition coefficient (Wildman–Crippen LogP) is 2.95. The van der Waals surface area contributed by atoms with Gasteiger partial charge in [0.1, 0.15) is 35.0 Å². The Morgan fingerprint density at radius 1 is 1.24 bits per heavy atom. The second-order valence-electron chi connectivity index (χ2n) is 9.09. The van der Waals surface area contributed by atoms with Gasteiger partial charge in [-0.05, 0) is 70.5 Å². The van der Waals surface area contributed by atoms with Gasteiger partial charge in [-0.3, -0.25) is 4.98 Å². The molecule has 4 aromatic heterocycles. The molecule has 0 radical (unpaired) electrons. The van der Waals surface area contributed by atoms with Crippen LogP contribution in [0, 0.1) is 19.7 Å². The number of hydrogen-bond donors (Lipinski definition) is 2. The number of nitrogens with one attached hydrogen (secondary N) is 1. The number of rotatable bonds is 6. The van der Waals surface area contributed by atoms with E-state index in [9.17, 15) is 9.50 Å². The fraction of sp³-hybridized carbons (Fsp3) is 0.417. The lowest BCUT2D eigenvalue weighted by Crippen LogP contribution is -2.30. The van der Waals surface area contributed by atoms with Gasteiger partial charge in [0.2, 0.25) is 0 Å². The summed E-state index contributed by atoms with van der Waals surface area (Å²) in [7, 11) is 0. The van der Waals surface area contributed by atoms with Crippen LogP contribution in [0.4, 0.5) is 4.39 Å². The van der Waals surface area contributed by atoms with Gasteiger partial charge in [-0.1, -0.05) is 5.21 Å². The summed E-state index contributed by atoms with van der Waals surface area (Å²) in [6.45, 7) is 7.44. The van der Waals surface area contributed by atoms with Crippen molar-refractivity contribution in [2.24, 2.45) is 0 Å². The zero-order chi connectivity index (χ0) is 23.9. The van der Waals surface area contributed by atoms with Crippen LogP contribution in [0.15, 0.2) is 36.8 Å². The molecule has 1 unspecified atom stereocenters. The van der Waals surface area contributed by atoms with Crippen LogP contribution < -0.4 is 10.1 Å². The number of aromatic nitrogens is 6. The molecule has 1 aliphatic heterocycles. The summed E-state index contributed by atoms with van der Waals surface area (Å²) in [5.74, 6) is 0.100. The molecule has 0 aliphatic carbocycles. The zero-order valence-corrected chi connectivity index (χ0v) is 19.5. The van der Waals surface area contributed by atoms with Crippen LogP contribution >= 0.6 is 0 Å². The van der Waals surface area contributed by atoms with E-state index in [4.69, 9.17) is 4.74 Å². The highest BCUT2D eigenvalue weighted by Crippen LogP contribution is 2.33. The number of aliphatic hydroxyl groups is 1. The molecule has 1 fully saturated rings. The number of piperidine rings is 1. The highest BCUT2D eigenvalue weighted by Gasteiger charge is 2.27. The number of fused-ring (bicyclic) bond motifs is 1. The lowest BCUT2D eigenvalue weighted by Gasteiger charge is -2.24. The van der Waals surface area contributed by atoms with Gasteiger partial charge in [0.15, 0.2) is 0 Å². The quantitative estimate of drug-likeness (QED) is 0.451. The van der Waals surface area contributed by atoms with Crippen LogP contribution in [0.3, 0.4) is 0 Å². The fourth-order valence-corrected chi connectivity index (χ4v) is 4.46. The number of halogens is 1. The smallest absolute Gasteiger partial charge is 0.146 e. The van der Waals surface area contributed by atoms with Crippen molar-refractivity contribution in [2.75, 3.05) is 19.7 Å². The first kappa shape index (κ1) is 22.4. The van der Waals surface area contributed by atoms with Crippen molar-refractivity contribution < 1.29 is 14.2 Å². The van der Waals surface area contributed by atoms with Crippen molar-refractivity contribution in [1.82, 2.24) is 34.9 Å². The highest BCUT2D eigenvalue weighted by molar-refractivity contribution is 5.72. The summed E-state index contributed by atoms with van der Waals surface area (Å²) in [6.07, 6.45) is 6.80. The molecule has 0 spiro atoms. The van der Waals surface area contributed by atoms with Gasteiger partial charge in [0.25, 0.3) is 0 Å². The summed E-state index contributed by atoms with van der Waals surface area (Å²) in [6, 6.07) is 4.96. The Labute approximate surface area is 196 Å². The number of nitrogens with zero attached hydrogens (tertiary/aromatic N) is 6. The van der Waals surface area contributed by atoms with E-state index >= 15 is 0 Å². The second kappa shape index (κ2) is 8.77. The molecule has 1 aliphatic rings. The van der Waals surface area contributed by atoms with E-state index in [1.165, 1.54) is 12.1 Å². The van der Waals surface area contributed by atoms with Gasteiger partial charge in [-0.25, -0.2) is 13.6 Å². The van der Waals surface area contributed by atoms with E-state index in [2.05, 4.69) is 25.7 Å². The molecule has 2 N–H and O–H groups in total. The van der Waals surface area contributed by atoms with E-state index < -0.39 is 11.4 Å². The Bertz CT molecular complexity index is 1310. The molecular weight excluding hydrogens is 437 g/mol. The molecule has 1 atom stereocenters. The van der Waals surface area contributed by atoms with Gasteiger partial charge in [0.05, 0.1) is 29.8 Å². The topological polar surface area (TPSA) is 102 Å². The third-order valence-corrected chi connectivity index (χ3v) is 6.40. The van der Waals surface area contributed by atoms with Crippen molar-refractivity contribution >= 4 is 5.52 Å². The van der Waals surface area contributed by atoms with Crippen LogP contribution in [0.5, 0.6) is 5.75 Å². The molecule has 0 bridgehead atoms. The average molecular weight is 466 g/mol. The van der Waals surface area contributed by atoms with Gasteiger partial charge in [-0.15, -0.1) is 5.10 Å². The maximum absolute atomic E-state index is 13.3. The minimum atomic E-state index is -1.41. The van der Waals surface area contributed by atoms with Gasteiger partial charge < -0.3 is 15.2 Å². The van der Waals surface area contributed by atoms with Crippen LogP contribution in [0.25, 0.3) is 16.8 Å². The number of ether oxygens (including phenoxy) is 1. The normalized spacial score (nSPS) is 16.6. The molecule has 178 valence electrons. The van der Waals surface area contributed by atoms with Crippen LogP contribution in [0.2, 0.25) is 0 Å². The standard InChI is InChI=1S/C24H28FN7O2/c1-15-11-28-31-13-17(22-16(2)32(30-29-22)19-6-8-26-9-7-19)10-20(23(15)31)34-14-24(3,33)21-5-4-18(25)12-27-21/h4-5,10-13,19,26,33H,6-9,14H2,1-3H3. The first-order valence-corrected chi connectivity index (χ1v) is 11.4.